The summed E-state index contributed by atoms with van der Waals surface area (Å²) in [5, 5.41) is 14.4. The maximum absolute atomic E-state index is 13.5. The molecule has 2 aromatic carbocycles. The van der Waals surface area contributed by atoms with Gasteiger partial charge in [0.15, 0.2) is 5.65 Å². The summed E-state index contributed by atoms with van der Waals surface area (Å²) < 4.78 is 15.1. The number of carbonyl (C=O) groups is 1. The van der Waals surface area contributed by atoms with E-state index in [1.165, 1.54) is 12.1 Å². The predicted molar refractivity (Wildman–Crippen MR) is 117 cm³/mol. The summed E-state index contributed by atoms with van der Waals surface area (Å²) in [5.74, 6) is -0.356. The predicted octanol–water partition coefficient (Wildman–Crippen LogP) is 4.58. The van der Waals surface area contributed by atoms with Crippen molar-refractivity contribution in [1.82, 2.24) is 24.9 Å². The summed E-state index contributed by atoms with van der Waals surface area (Å²) in [6.45, 7) is 1.56. The Labute approximate surface area is 183 Å². The van der Waals surface area contributed by atoms with E-state index in [4.69, 9.17) is 11.6 Å². The number of rotatable bonds is 4. The molecule has 1 aliphatic heterocycles. The highest BCUT2D eigenvalue weighted by Gasteiger charge is 2.24. The van der Waals surface area contributed by atoms with E-state index >= 15 is 0 Å². The smallest absolute Gasteiger partial charge is 0.244 e. The van der Waals surface area contributed by atoms with Crippen LogP contribution in [0.1, 0.15) is 12.8 Å². The summed E-state index contributed by atoms with van der Waals surface area (Å²) >= 11 is 6.81. The van der Waals surface area contributed by atoms with Crippen LogP contribution in [-0.4, -0.2) is 43.9 Å². The van der Waals surface area contributed by atoms with Gasteiger partial charge in [0.1, 0.15) is 23.7 Å². The highest BCUT2D eigenvalue weighted by molar-refractivity contribution is 6.38. The molecule has 1 amide bonds. The molecular formula is C23H19ClFN5O. The van der Waals surface area contributed by atoms with Crippen molar-refractivity contribution in [3.63, 3.8) is 0 Å². The van der Waals surface area contributed by atoms with Gasteiger partial charge in [-0.3, -0.25) is 4.79 Å². The van der Waals surface area contributed by atoms with Crippen LogP contribution in [0.4, 0.5) is 4.39 Å². The number of amides is 1. The molecule has 2 aromatic heterocycles. The SMILES string of the molecule is O=C(Cn1nc(-c2ccc(F)cc2)c2c(Cl)c(-c3ccccc3)nnc21)N1CCCC1. The summed E-state index contributed by atoms with van der Waals surface area (Å²) in [5.41, 5.74) is 3.02. The van der Waals surface area contributed by atoms with Gasteiger partial charge in [0.05, 0.1) is 10.4 Å². The molecule has 1 saturated heterocycles. The number of benzene rings is 2. The van der Waals surface area contributed by atoms with E-state index in [-0.39, 0.29) is 18.3 Å². The van der Waals surface area contributed by atoms with Crippen molar-refractivity contribution < 1.29 is 9.18 Å². The molecule has 0 bridgehead atoms. The summed E-state index contributed by atoms with van der Waals surface area (Å²) in [4.78, 5) is 14.6. The maximum atomic E-state index is 13.5. The van der Waals surface area contributed by atoms with Gasteiger partial charge in [0.25, 0.3) is 0 Å². The van der Waals surface area contributed by atoms with E-state index in [0.29, 0.717) is 33.0 Å². The Morgan fingerprint density at radius 2 is 1.61 bits per heavy atom. The largest absolute Gasteiger partial charge is 0.341 e. The lowest BCUT2D eigenvalue weighted by Crippen LogP contribution is -2.31. The van der Waals surface area contributed by atoms with Crippen LogP contribution in [0.2, 0.25) is 5.02 Å². The zero-order chi connectivity index (χ0) is 21.4. The highest BCUT2D eigenvalue weighted by atomic mass is 35.5. The van der Waals surface area contributed by atoms with Crippen LogP contribution in [0.3, 0.4) is 0 Å². The van der Waals surface area contributed by atoms with Gasteiger partial charge >= 0.3 is 0 Å². The molecule has 0 N–H and O–H groups in total. The monoisotopic (exact) mass is 435 g/mol. The summed E-state index contributed by atoms with van der Waals surface area (Å²) in [7, 11) is 0. The van der Waals surface area contributed by atoms with E-state index in [1.807, 2.05) is 35.2 Å². The Morgan fingerprint density at radius 1 is 0.935 bits per heavy atom. The number of halogens is 2. The minimum absolute atomic E-state index is 0.0161. The molecule has 6 nitrogen and oxygen atoms in total. The third-order valence-corrected chi connectivity index (χ3v) is 5.87. The Hall–Kier alpha value is -3.32. The summed E-state index contributed by atoms with van der Waals surface area (Å²) in [6.07, 6.45) is 2.02. The van der Waals surface area contributed by atoms with Gasteiger partial charge in [0.2, 0.25) is 5.91 Å². The lowest BCUT2D eigenvalue weighted by Gasteiger charge is -2.15. The van der Waals surface area contributed by atoms with E-state index in [0.717, 1.165) is 31.5 Å². The van der Waals surface area contributed by atoms with Gasteiger partial charge in [-0.1, -0.05) is 41.9 Å². The second-order valence-corrected chi connectivity index (χ2v) is 7.91. The minimum atomic E-state index is -0.340. The second-order valence-electron chi connectivity index (χ2n) is 7.53. The molecule has 3 heterocycles. The molecule has 0 radical (unpaired) electrons. The van der Waals surface area contributed by atoms with Gasteiger partial charge in [-0.15, -0.1) is 10.2 Å². The van der Waals surface area contributed by atoms with Crippen molar-refractivity contribution in [2.75, 3.05) is 13.1 Å². The van der Waals surface area contributed by atoms with Crippen LogP contribution in [0, 0.1) is 5.82 Å². The van der Waals surface area contributed by atoms with Crippen LogP contribution in [0.25, 0.3) is 33.5 Å². The lowest BCUT2D eigenvalue weighted by atomic mass is 10.1. The number of aromatic nitrogens is 4. The minimum Gasteiger partial charge on any atom is -0.341 e. The third kappa shape index (κ3) is 3.65. The molecule has 4 aromatic rings. The fraction of sp³-hybridized carbons (Fsp3) is 0.217. The first-order valence-electron chi connectivity index (χ1n) is 10.1. The van der Waals surface area contributed by atoms with E-state index in [2.05, 4.69) is 15.3 Å². The number of hydrogen-bond acceptors (Lipinski definition) is 4. The van der Waals surface area contributed by atoms with Crippen LogP contribution in [0.5, 0.6) is 0 Å². The van der Waals surface area contributed by atoms with Gasteiger partial charge in [-0.25, -0.2) is 9.07 Å². The lowest BCUT2D eigenvalue weighted by molar-refractivity contribution is -0.130. The number of fused-ring (bicyclic) bond motifs is 1. The van der Waals surface area contributed by atoms with Crippen molar-refractivity contribution in [1.29, 1.82) is 0 Å². The average molecular weight is 436 g/mol. The molecule has 0 spiro atoms. The standard InChI is InChI=1S/C23H19ClFN5O/c24-20-19-21(16-8-10-17(25)11-9-16)28-30(14-18(31)29-12-4-5-13-29)23(19)27-26-22(20)15-6-2-1-3-7-15/h1-3,6-11H,4-5,12-14H2. The number of likely N-dealkylation sites (tertiary alicyclic amines) is 1. The van der Waals surface area contributed by atoms with Crippen LogP contribution in [-0.2, 0) is 11.3 Å². The number of carbonyl (C=O) groups excluding carboxylic acids is 1. The first-order valence-corrected chi connectivity index (χ1v) is 10.5. The molecule has 0 aliphatic carbocycles. The maximum Gasteiger partial charge on any atom is 0.244 e. The van der Waals surface area contributed by atoms with Crippen molar-refractivity contribution >= 4 is 28.5 Å². The Kier molecular flexibility index (Phi) is 5.11. The topological polar surface area (TPSA) is 63.9 Å². The molecule has 5 rings (SSSR count). The molecule has 156 valence electrons. The quantitative estimate of drug-likeness (QED) is 0.471. The van der Waals surface area contributed by atoms with E-state index < -0.39 is 0 Å². The van der Waals surface area contributed by atoms with Crippen molar-refractivity contribution in [2.24, 2.45) is 0 Å². The molecule has 1 fully saturated rings. The zero-order valence-corrected chi connectivity index (χ0v) is 17.4. The van der Waals surface area contributed by atoms with Crippen LogP contribution >= 0.6 is 11.6 Å². The molecule has 0 unspecified atom stereocenters. The fourth-order valence-corrected chi connectivity index (χ4v) is 4.23. The van der Waals surface area contributed by atoms with Gasteiger partial charge < -0.3 is 4.90 Å². The van der Waals surface area contributed by atoms with E-state index in [9.17, 15) is 9.18 Å². The Morgan fingerprint density at radius 3 is 2.32 bits per heavy atom. The zero-order valence-electron chi connectivity index (χ0n) is 16.6. The molecule has 31 heavy (non-hydrogen) atoms. The van der Waals surface area contributed by atoms with Gasteiger partial charge in [-0.2, -0.15) is 5.10 Å². The molecule has 8 heteroatoms. The third-order valence-electron chi connectivity index (χ3n) is 5.51. The van der Waals surface area contributed by atoms with E-state index in [1.54, 1.807) is 16.8 Å². The fourth-order valence-electron chi connectivity index (χ4n) is 3.91. The number of hydrogen-bond donors (Lipinski definition) is 0. The highest BCUT2D eigenvalue weighted by Crippen LogP contribution is 2.37. The molecular weight excluding hydrogens is 417 g/mol. The van der Waals surface area contributed by atoms with Crippen molar-refractivity contribution in [3.8, 4) is 22.5 Å². The van der Waals surface area contributed by atoms with Gasteiger partial charge in [-0.05, 0) is 37.1 Å². The van der Waals surface area contributed by atoms with Crippen molar-refractivity contribution in [2.45, 2.75) is 19.4 Å². The average Bonchev–Trinajstić information content (AvgIpc) is 3.44. The summed E-state index contributed by atoms with van der Waals surface area (Å²) in [6, 6.07) is 15.5. The first-order chi connectivity index (χ1) is 15.1. The van der Waals surface area contributed by atoms with Crippen LogP contribution < -0.4 is 0 Å². The molecule has 0 atom stereocenters. The first kappa shape index (κ1) is 19.6. The Bertz CT molecular complexity index is 1250. The van der Waals surface area contributed by atoms with Gasteiger partial charge in [0, 0.05) is 24.2 Å². The molecule has 1 aliphatic rings. The Balaban J connectivity index is 1.67. The van der Waals surface area contributed by atoms with Crippen molar-refractivity contribution in [3.05, 3.63) is 65.4 Å². The molecule has 0 saturated carbocycles. The normalized spacial score (nSPS) is 13.8. The second kappa shape index (κ2) is 8.07. The van der Waals surface area contributed by atoms with Crippen LogP contribution in [0.15, 0.2) is 54.6 Å². The number of nitrogens with zero attached hydrogens (tertiary/aromatic N) is 5.